The Bertz CT molecular complexity index is 441. The monoisotopic (exact) mass is 335 g/mol. The van der Waals surface area contributed by atoms with Crippen LogP contribution in [0.5, 0.6) is 0 Å². The minimum Gasteiger partial charge on any atom is -0.459 e. The number of amides is 1. The molecule has 1 fully saturated rings. The molecule has 0 radical (unpaired) electrons. The molecule has 1 aliphatic heterocycles. The van der Waals surface area contributed by atoms with E-state index in [2.05, 4.69) is 11.9 Å². The third kappa shape index (κ3) is 5.44. The number of rotatable bonds is 6. The molecule has 0 saturated carbocycles. The molecule has 0 aliphatic carbocycles. The molecule has 1 saturated heterocycles. The first kappa shape index (κ1) is 19.3. The summed E-state index contributed by atoms with van der Waals surface area (Å²) in [6.45, 7) is 3.78. The lowest BCUT2D eigenvalue weighted by Crippen LogP contribution is -2.64. The first-order valence-corrected chi connectivity index (χ1v) is 6.84. The number of nitrogens with one attached hydrogen (secondary N) is 1. The van der Waals surface area contributed by atoms with Crippen molar-refractivity contribution in [3.05, 3.63) is 12.2 Å². The maximum atomic E-state index is 11.5. The van der Waals surface area contributed by atoms with Gasteiger partial charge in [-0.15, -0.1) is 0 Å². The highest BCUT2D eigenvalue weighted by molar-refractivity contribution is 5.86. The van der Waals surface area contributed by atoms with Gasteiger partial charge in [0.15, 0.2) is 6.29 Å². The smallest absolute Gasteiger partial charge is 0.407 e. The van der Waals surface area contributed by atoms with Crippen LogP contribution in [-0.2, 0) is 19.0 Å². The van der Waals surface area contributed by atoms with Gasteiger partial charge in [-0.05, 0) is 6.92 Å². The molecule has 1 heterocycles. The number of aliphatic hydroxyl groups excluding tert-OH is 4. The Kier molecular flexibility index (Phi) is 7.39. The fourth-order valence-corrected chi connectivity index (χ4v) is 1.82. The van der Waals surface area contributed by atoms with Crippen molar-refractivity contribution in [2.75, 3.05) is 19.8 Å². The molecule has 0 aromatic rings. The lowest BCUT2D eigenvalue weighted by atomic mass is 9.97. The molecule has 0 bridgehead atoms. The van der Waals surface area contributed by atoms with E-state index >= 15 is 0 Å². The number of hydrogen-bond donors (Lipinski definition) is 5. The Morgan fingerprint density at radius 1 is 1.17 bits per heavy atom. The Morgan fingerprint density at radius 2 is 1.78 bits per heavy atom. The van der Waals surface area contributed by atoms with Crippen molar-refractivity contribution in [3.8, 4) is 0 Å². The average Bonchev–Trinajstić information content (AvgIpc) is 2.51. The number of ether oxygens (including phenoxy) is 3. The second kappa shape index (κ2) is 8.79. The van der Waals surface area contributed by atoms with Crippen molar-refractivity contribution < 1.29 is 44.2 Å². The van der Waals surface area contributed by atoms with Crippen LogP contribution in [0.2, 0.25) is 0 Å². The summed E-state index contributed by atoms with van der Waals surface area (Å²) in [6, 6.07) is -1.35. The van der Waals surface area contributed by atoms with Gasteiger partial charge in [-0.2, -0.15) is 0 Å². The maximum Gasteiger partial charge on any atom is 0.407 e. The van der Waals surface area contributed by atoms with Gasteiger partial charge in [-0.3, -0.25) is 0 Å². The van der Waals surface area contributed by atoms with E-state index < -0.39 is 49.3 Å². The highest BCUT2D eigenvalue weighted by atomic mass is 16.6. The van der Waals surface area contributed by atoms with E-state index in [0.29, 0.717) is 0 Å². The minimum atomic E-state index is -1.64. The van der Waals surface area contributed by atoms with E-state index in [1.54, 1.807) is 0 Å². The zero-order chi connectivity index (χ0) is 17.6. The lowest BCUT2D eigenvalue weighted by molar-refractivity contribution is -0.253. The van der Waals surface area contributed by atoms with Gasteiger partial charge in [0.25, 0.3) is 0 Å². The van der Waals surface area contributed by atoms with Crippen LogP contribution < -0.4 is 5.32 Å². The Morgan fingerprint density at radius 3 is 2.35 bits per heavy atom. The summed E-state index contributed by atoms with van der Waals surface area (Å²) in [5.41, 5.74) is 0.201. The van der Waals surface area contributed by atoms with Crippen LogP contribution in [0.15, 0.2) is 12.2 Å². The largest absolute Gasteiger partial charge is 0.459 e. The third-order valence-corrected chi connectivity index (χ3v) is 3.08. The molecule has 1 aliphatic rings. The highest BCUT2D eigenvalue weighted by Crippen LogP contribution is 2.19. The number of alkyl carbamates (subject to hydrolysis) is 1. The molecule has 0 aromatic heterocycles. The molecule has 1 amide bonds. The minimum absolute atomic E-state index is 0.194. The molecule has 1 rings (SSSR count). The van der Waals surface area contributed by atoms with Gasteiger partial charge in [0.1, 0.15) is 37.6 Å². The first-order chi connectivity index (χ1) is 10.8. The summed E-state index contributed by atoms with van der Waals surface area (Å²) in [5.74, 6) is -0.626. The normalized spacial score (nSPS) is 30.4. The van der Waals surface area contributed by atoms with Crippen LogP contribution >= 0.6 is 0 Å². The summed E-state index contributed by atoms with van der Waals surface area (Å²) in [4.78, 5) is 22.6. The van der Waals surface area contributed by atoms with E-state index in [1.165, 1.54) is 6.92 Å². The molecule has 0 aromatic carbocycles. The van der Waals surface area contributed by atoms with Crippen LogP contribution in [0.3, 0.4) is 0 Å². The molecule has 10 heteroatoms. The maximum absolute atomic E-state index is 11.5. The molecule has 132 valence electrons. The topological polar surface area (TPSA) is 155 Å². The fraction of sp³-hybridized carbons (Fsp3) is 0.692. The van der Waals surface area contributed by atoms with E-state index in [-0.39, 0.29) is 18.8 Å². The Labute approximate surface area is 132 Å². The SMILES string of the molecule is C=C(C)C(=O)OCCOC(=O)N[C@H]1C(O)O[C@H](CO)[C@@H](O)[C@@H]1O. The summed E-state index contributed by atoms with van der Waals surface area (Å²) in [7, 11) is 0. The summed E-state index contributed by atoms with van der Waals surface area (Å²) in [6.07, 6.45) is -6.89. The van der Waals surface area contributed by atoms with Crippen LogP contribution in [0.1, 0.15) is 6.92 Å². The standard InChI is InChI=1S/C13H21NO9/c1-6(2)11(18)21-3-4-22-13(20)14-8-10(17)9(16)7(5-15)23-12(8)19/h7-10,12,15-17,19H,1,3-5H2,2H3,(H,14,20)/t7-,8-,9-,10-,12?/m1/s1. The third-order valence-electron chi connectivity index (χ3n) is 3.08. The van der Waals surface area contributed by atoms with Crippen LogP contribution in [0, 0.1) is 0 Å². The van der Waals surface area contributed by atoms with Gasteiger partial charge in [-0.25, -0.2) is 9.59 Å². The average molecular weight is 335 g/mol. The number of aliphatic hydroxyl groups is 4. The molecular weight excluding hydrogens is 314 g/mol. The van der Waals surface area contributed by atoms with E-state index in [1.807, 2.05) is 0 Å². The van der Waals surface area contributed by atoms with Crippen molar-refractivity contribution in [2.24, 2.45) is 0 Å². The van der Waals surface area contributed by atoms with Crippen molar-refractivity contribution >= 4 is 12.1 Å². The number of esters is 1. The Balaban J connectivity index is 2.38. The van der Waals surface area contributed by atoms with Crippen molar-refractivity contribution in [1.29, 1.82) is 0 Å². The molecule has 5 N–H and O–H groups in total. The van der Waals surface area contributed by atoms with Gasteiger partial charge in [0.2, 0.25) is 0 Å². The zero-order valence-electron chi connectivity index (χ0n) is 12.5. The number of carbonyl (C=O) groups excluding carboxylic acids is 2. The highest BCUT2D eigenvalue weighted by Gasteiger charge is 2.44. The Hall–Kier alpha value is -1.72. The first-order valence-electron chi connectivity index (χ1n) is 6.84. The predicted octanol–water partition coefficient (Wildman–Crippen LogP) is -2.37. The van der Waals surface area contributed by atoms with E-state index in [9.17, 15) is 24.9 Å². The summed E-state index contributed by atoms with van der Waals surface area (Å²) < 4.78 is 14.3. The van der Waals surface area contributed by atoms with Crippen molar-refractivity contribution in [2.45, 2.75) is 37.6 Å². The quantitative estimate of drug-likeness (QED) is 0.203. The van der Waals surface area contributed by atoms with E-state index in [4.69, 9.17) is 19.3 Å². The molecule has 0 spiro atoms. The van der Waals surface area contributed by atoms with Gasteiger partial charge in [0.05, 0.1) is 6.61 Å². The predicted molar refractivity (Wildman–Crippen MR) is 74.0 cm³/mol. The summed E-state index contributed by atoms with van der Waals surface area (Å²) >= 11 is 0. The van der Waals surface area contributed by atoms with Crippen molar-refractivity contribution in [3.63, 3.8) is 0 Å². The summed E-state index contributed by atoms with van der Waals surface area (Å²) in [5, 5.41) is 40.2. The lowest BCUT2D eigenvalue weighted by Gasteiger charge is -2.39. The second-order valence-corrected chi connectivity index (χ2v) is 4.95. The number of hydrogen-bond acceptors (Lipinski definition) is 9. The van der Waals surface area contributed by atoms with Gasteiger partial charge >= 0.3 is 12.1 Å². The van der Waals surface area contributed by atoms with Crippen LogP contribution in [0.25, 0.3) is 0 Å². The second-order valence-electron chi connectivity index (χ2n) is 4.95. The van der Waals surface area contributed by atoms with Gasteiger partial charge < -0.3 is 40.0 Å². The van der Waals surface area contributed by atoms with Crippen LogP contribution in [0.4, 0.5) is 4.79 Å². The van der Waals surface area contributed by atoms with Gasteiger partial charge in [-0.1, -0.05) is 6.58 Å². The number of carbonyl (C=O) groups is 2. The van der Waals surface area contributed by atoms with E-state index in [0.717, 1.165) is 0 Å². The van der Waals surface area contributed by atoms with Crippen molar-refractivity contribution in [1.82, 2.24) is 5.32 Å². The van der Waals surface area contributed by atoms with Gasteiger partial charge in [0, 0.05) is 5.57 Å². The fourth-order valence-electron chi connectivity index (χ4n) is 1.82. The molecule has 1 unspecified atom stereocenters. The van der Waals surface area contributed by atoms with Crippen LogP contribution in [-0.4, -0.2) is 83.0 Å². The molecule has 10 nitrogen and oxygen atoms in total. The molecule has 23 heavy (non-hydrogen) atoms. The zero-order valence-corrected chi connectivity index (χ0v) is 12.5. The molecular formula is C13H21NO9. The molecule has 5 atom stereocenters.